The minimum absolute atomic E-state index is 0. The Labute approximate surface area is 156 Å². The van der Waals surface area contributed by atoms with Gasteiger partial charge in [-0.1, -0.05) is 6.92 Å². The lowest BCUT2D eigenvalue weighted by molar-refractivity contribution is 0.145. The normalized spacial score (nSPS) is 12.7. The molecule has 1 unspecified atom stereocenters. The largest absolute Gasteiger partial charge is 0.382 e. The SMILES string of the molecule is CCOCCCNC(=NCc1nnc(C)n1C)NC(C)CC.I. The third-order valence-electron chi connectivity index (χ3n) is 3.52. The zero-order chi connectivity index (χ0) is 16.4. The van der Waals surface area contributed by atoms with E-state index in [4.69, 9.17) is 4.74 Å². The first-order valence-corrected chi connectivity index (χ1v) is 8.05. The zero-order valence-electron chi connectivity index (χ0n) is 14.9. The zero-order valence-corrected chi connectivity index (χ0v) is 17.3. The summed E-state index contributed by atoms with van der Waals surface area (Å²) in [6, 6.07) is 0.374. The Morgan fingerprint density at radius 1 is 1.35 bits per heavy atom. The van der Waals surface area contributed by atoms with Crippen LogP contribution in [0.3, 0.4) is 0 Å². The molecule has 0 saturated heterocycles. The number of aryl methyl sites for hydroxylation is 1. The summed E-state index contributed by atoms with van der Waals surface area (Å²) in [6.45, 7) is 11.1. The number of guanidine groups is 1. The number of hydrogen-bond acceptors (Lipinski definition) is 4. The number of aromatic nitrogens is 3. The second kappa shape index (κ2) is 12.5. The number of rotatable bonds is 9. The minimum Gasteiger partial charge on any atom is -0.382 e. The van der Waals surface area contributed by atoms with Crippen molar-refractivity contribution < 1.29 is 4.74 Å². The van der Waals surface area contributed by atoms with Gasteiger partial charge in [0.2, 0.25) is 0 Å². The molecule has 0 saturated carbocycles. The molecule has 1 heterocycles. The van der Waals surface area contributed by atoms with Crippen LogP contribution in [0.15, 0.2) is 4.99 Å². The molecule has 1 rings (SSSR count). The van der Waals surface area contributed by atoms with Gasteiger partial charge in [-0.2, -0.15) is 0 Å². The molecule has 23 heavy (non-hydrogen) atoms. The summed E-state index contributed by atoms with van der Waals surface area (Å²) >= 11 is 0. The summed E-state index contributed by atoms with van der Waals surface area (Å²) < 4.78 is 7.30. The van der Waals surface area contributed by atoms with Gasteiger partial charge in [0, 0.05) is 32.8 Å². The molecule has 0 radical (unpaired) electrons. The van der Waals surface area contributed by atoms with Crippen LogP contribution in [0.25, 0.3) is 0 Å². The lowest BCUT2D eigenvalue weighted by Gasteiger charge is -2.17. The van der Waals surface area contributed by atoms with Crippen LogP contribution in [0.1, 0.15) is 45.3 Å². The van der Waals surface area contributed by atoms with Crippen LogP contribution in [0, 0.1) is 6.92 Å². The number of ether oxygens (including phenoxy) is 1. The second-order valence-corrected chi connectivity index (χ2v) is 5.32. The predicted molar refractivity (Wildman–Crippen MR) is 104 cm³/mol. The van der Waals surface area contributed by atoms with Crippen molar-refractivity contribution in [2.24, 2.45) is 12.0 Å². The van der Waals surface area contributed by atoms with Gasteiger partial charge in [-0.05, 0) is 33.6 Å². The van der Waals surface area contributed by atoms with E-state index in [9.17, 15) is 0 Å². The molecule has 0 fully saturated rings. The number of nitrogens with zero attached hydrogens (tertiary/aromatic N) is 4. The Morgan fingerprint density at radius 2 is 2.09 bits per heavy atom. The number of nitrogens with one attached hydrogen (secondary N) is 2. The van der Waals surface area contributed by atoms with E-state index in [0.29, 0.717) is 12.6 Å². The summed E-state index contributed by atoms with van der Waals surface area (Å²) in [7, 11) is 1.96. The molecule has 0 bridgehead atoms. The van der Waals surface area contributed by atoms with Gasteiger partial charge in [-0.15, -0.1) is 34.2 Å². The third kappa shape index (κ3) is 8.50. The van der Waals surface area contributed by atoms with Crippen molar-refractivity contribution in [1.29, 1.82) is 0 Å². The molecular weight excluding hydrogens is 407 g/mol. The van der Waals surface area contributed by atoms with E-state index in [1.807, 2.05) is 25.5 Å². The van der Waals surface area contributed by atoms with Gasteiger partial charge in [-0.25, -0.2) is 4.99 Å². The highest BCUT2D eigenvalue weighted by atomic mass is 127. The molecule has 134 valence electrons. The molecular formula is C15H31IN6O. The second-order valence-electron chi connectivity index (χ2n) is 5.32. The van der Waals surface area contributed by atoms with Crippen LogP contribution in [-0.4, -0.2) is 46.5 Å². The van der Waals surface area contributed by atoms with Crippen molar-refractivity contribution in [3.05, 3.63) is 11.6 Å². The van der Waals surface area contributed by atoms with Crippen LogP contribution in [0.5, 0.6) is 0 Å². The highest BCUT2D eigenvalue weighted by Crippen LogP contribution is 1.99. The maximum Gasteiger partial charge on any atom is 0.191 e. The summed E-state index contributed by atoms with van der Waals surface area (Å²) in [4.78, 5) is 4.60. The Kier molecular flexibility index (Phi) is 12.0. The van der Waals surface area contributed by atoms with Gasteiger partial charge in [0.25, 0.3) is 0 Å². The topological polar surface area (TPSA) is 76.4 Å². The van der Waals surface area contributed by atoms with E-state index < -0.39 is 0 Å². The van der Waals surface area contributed by atoms with Crippen LogP contribution < -0.4 is 10.6 Å². The summed E-state index contributed by atoms with van der Waals surface area (Å²) in [5, 5.41) is 14.9. The molecule has 0 aromatic carbocycles. The Bertz CT molecular complexity index is 463. The molecule has 2 N–H and O–H groups in total. The predicted octanol–water partition coefficient (Wildman–Crippen LogP) is 2.00. The van der Waals surface area contributed by atoms with Crippen molar-refractivity contribution >= 4 is 29.9 Å². The van der Waals surface area contributed by atoms with Crippen molar-refractivity contribution in [3.63, 3.8) is 0 Å². The Morgan fingerprint density at radius 3 is 2.65 bits per heavy atom. The highest BCUT2D eigenvalue weighted by Gasteiger charge is 2.06. The standard InChI is InChI=1S/C15H30N6O.HI/c1-6-12(3)18-15(16-9-8-10-22-7-2)17-11-14-20-19-13(4)21(14)5;/h12H,6-11H2,1-5H3,(H2,16,17,18);1H. The molecule has 1 atom stereocenters. The van der Waals surface area contributed by atoms with Crippen molar-refractivity contribution in [1.82, 2.24) is 25.4 Å². The summed E-state index contributed by atoms with van der Waals surface area (Å²) in [6.07, 6.45) is 2.00. The maximum atomic E-state index is 5.34. The maximum absolute atomic E-state index is 5.34. The number of hydrogen-bond donors (Lipinski definition) is 2. The fourth-order valence-corrected chi connectivity index (χ4v) is 1.75. The van der Waals surface area contributed by atoms with E-state index in [1.54, 1.807) is 0 Å². The fraction of sp³-hybridized carbons (Fsp3) is 0.800. The van der Waals surface area contributed by atoms with Crippen molar-refractivity contribution in [2.45, 2.75) is 53.1 Å². The molecule has 1 aromatic heterocycles. The molecule has 7 nitrogen and oxygen atoms in total. The van der Waals surface area contributed by atoms with Crippen molar-refractivity contribution in [3.8, 4) is 0 Å². The molecule has 0 spiro atoms. The molecule has 0 aliphatic heterocycles. The first-order chi connectivity index (χ1) is 10.6. The first kappa shape index (κ1) is 22.1. The van der Waals surface area contributed by atoms with Gasteiger partial charge in [0.1, 0.15) is 12.4 Å². The molecule has 0 aliphatic rings. The molecule has 8 heteroatoms. The summed E-state index contributed by atoms with van der Waals surface area (Å²) in [5.41, 5.74) is 0. The van der Waals surface area contributed by atoms with Crippen LogP contribution >= 0.6 is 24.0 Å². The van der Waals surface area contributed by atoms with Crippen LogP contribution in [0.2, 0.25) is 0 Å². The van der Waals surface area contributed by atoms with E-state index in [1.165, 1.54) is 0 Å². The number of halogens is 1. The van der Waals surface area contributed by atoms with Crippen LogP contribution in [0.4, 0.5) is 0 Å². The summed E-state index contributed by atoms with van der Waals surface area (Å²) in [5.74, 6) is 2.56. The molecule has 0 amide bonds. The van der Waals surface area contributed by atoms with Crippen LogP contribution in [-0.2, 0) is 18.3 Å². The van der Waals surface area contributed by atoms with E-state index in [2.05, 4.69) is 39.7 Å². The average Bonchev–Trinajstić information content (AvgIpc) is 2.83. The van der Waals surface area contributed by atoms with Gasteiger partial charge in [0.05, 0.1) is 0 Å². The van der Waals surface area contributed by atoms with Gasteiger partial charge in [-0.3, -0.25) is 0 Å². The van der Waals surface area contributed by atoms with Gasteiger partial charge < -0.3 is 19.9 Å². The molecule has 1 aromatic rings. The highest BCUT2D eigenvalue weighted by molar-refractivity contribution is 14.0. The fourth-order valence-electron chi connectivity index (χ4n) is 1.75. The van der Waals surface area contributed by atoms with Crippen molar-refractivity contribution in [2.75, 3.05) is 19.8 Å². The monoisotopic (exact) mass is 438 g/mol. The minimum atomic E-state index is 0. The lowest BCUT2D eigenvalue weighted by atomic mass is 10.3. The average molecular weight is 438 g/mol. The van der Waals surface area contributed by atoms with E-state index >= 15 is 0 Å². The Balaban J connectivity index is 0.00000484. The van der Waals surface area contributed by atoms with E-state index in [-0.39, 0.29) is 24.0 Å². The Hall–Kier alpha value is -0.900. The van der Waals surface area contributed by atoms with Gasteiger partial charge >= 0.3 is 0 Å². The molecule has 0 aliphatic carbocycles. The lowest BCUT2D eigenvalue weighted by Crippen LogP contribution is -2.42. The first-order valence-electron chi connectivity index (χ1n) is 8.05. The number of aliphatic imine (C=N–C) groups is 1. The quantitative estimate of drug-likeness (QED) is 0.267. The smallest absolute Gasteiger partial charge is 0.191 e. The van der Waals surface area contributed by atoms with E-state index in [0.717, 1.165) is 50.2 Å². The van der Waals surface area contributed by atoms with Gasteiger partial charge in [0.15, 0.2) is 11.8 Å². The third-order valence-corrected chi connectivity index (χ3v) is 3.52.